The summed E-state index contributed by atoms with van der Waals surface area (Å²) in [7, 11) is 2.82. The van der Waals surface area contributed by atoms with E-state index >= 15 is 0 Å². The summed E-state index contributed by atoms with van der Waals surface area (Å²) in [6.07, 6.45) is 3.10. The van der Waals surface area contributed by atoms with Gasteiger partial charge in [0.1, 0.15) is 17.2 Å². The van der Waals surface area contributed by atoms with Gasteiger partial charge < -0.3 is 24.3 Å². The van der Waals surface area contributed by atoms with E-state index in [1.807, 2.05) is 23.1 Å². The van der Waals surface area contributed by atoms with Crippen LogP contribution in [-0.4, -0.2) is 71.3 Å². The minimum absolute atomic E-state index is 0.0889. The maximum atomic E-state index is 14.5. The van der Waals surface area contributed by atoms with Gasteiger partial charge in [-0.15, -0.1) is 0 Å². The number of anilines is 2. The Morgan fingerprint density at radius 1 is 1.00 bits per heavy atom. The zero-order valence-corrected chi connectivity index (χ0v) is 18.7. The summed E-state index contributed by atoms with van der Waals surface area (Å²) in [4.78, 5) is 36.4. The van der Waals surface area contributed by atoms with Crippen molar-refractivity contribution in [2.24, 2.45) is 0 Å². The Hall–Kier alpha value is -4.28. The predicted molar refractivity (Wildman–Crippen MR) is 124 cm³/mol. The molecule has 0 bridgehead atoms. The molecule has 5 rings (SSSR count). The van der Waals surface area contributed by atoms with Gasteiger partial charge in [-0.25, -0.2) is 24.1 Å². The lowest BCUT2D eigenvalue weighted by Crippen LogP contribution is -2.47. The first kappa shape index (κ1) is 21.6. The molecule has 1 fully saturated rings. The fraction of sp³-hybridized carbons (Fsp3) is 0.261. The number of halogens is 1. The van der Waals surface area contributed by atoms with Crippen LogP contribution in [0.4, 0.5) is 16.0 Å². The second-order valence-electron chi connectivity index (χ2n) is 7.71. The van der Waals surface area contributed by atoms with E-state index in [9.17, 15) is 9.18 Å². The molecule has 4 aromatic rings. The van der Waals surface area contributed by atoms with Gasteiger partial charge >= 0.3 is 5.97 Å². The summed E-state index contributed by atoms with van der Waals surface area (Å²) in [5.41, 5.74) is 2.33. The van der Waals surface area contributed by atoms with Crippen LogP contribution >= 0.6 is 0 Å². The fourth-order valence-electron chi connectivity index (χ4n) is 3.88. The predicted octanol–water partition coefficient (Wildman–Crippen LogP) is 2.68. The van der Waals surface area contributed by atoms with Crippen LogP contribution in [0.2, 0.25) is 0 Å². The molecular formula is C23H22FN7O3. The van der Waals surface area contributed by atoms with Gasteiger partial charge in [0.25, 0.3) is 0 Å². The first-order valence-corrected chi connectivity index (χ1v) is 10.7. The Morgan fingerprint density at radius 3 is 2.47 bits per heavy atom. The zero-order valence-electron chi connectivity index (χ0n) is 18.7. The quantitative estimate of drug-likeness (QED) is 0.447. The van der Waals surface area contributed by atoms with Crippen LogP contribution in [0.3, 0.4) is 0 Å². The van der Waals surface area contributed by atoms with Gasteiger partial charge in [-0.1, -0.05) is 0 Å². The Kier molecular flexibility index (Phi) is 5.66. The number of nitrogens with one attached hydrogen (secondary N) is 1. The molecule has 1 aliphatic rings. The highest BCUT2D eigenvalue weighted by atomic mass is 19.1. The number of aromatic amines is 1. The van der Waals surface area contributed by atoms with Gasteiger partial charge in [-0.2, -0.15) is 4.98 Å². The van der Waals surface area contributed by atoms with E-state index < -0.39 is 11.8 Å². The third-order valence-electron chi connectivity index (χ3n) is 5.69. The van der Waals surface area contributed by atoms with Gasteiger partial charge in [-0.05, 0) is 24.3 Å². The van der Waals surface area contributed by atoms with Crippen LogP contribution in [0.1, 0.15) is 10.4 Å². The maximum absolute atomic E-state index is 14.5. The van der Waals surface area contributed by atoms with Crippen LogP contribution in [0, 0.1) is 5.82 Å². The molecule has 0 aliphatic carbocycles. The number of methoxy groups -OCH3 is 2. The molecule has 1 aliphatic heterocycles. The molecule has 0 radical (unpaired) electrons. The van der Waals surface area contributed by atoms with Crippen molar-refractivity contribution in [2.75, 3.05) is 50.2 Å². The van der Waals surface area contributed by atoms with E-state index in [4.69, 9.17) is 4.74 Å². The lowest BCUT2D eigenvalue weighted by Gasteiger charge is -2.36. The number of imidazole rings is 1. The van der Waals surface area contributed by atoms with Gasteiger partial charge in [0.05, 0.1) is 19.8 Å². The Morgan fingerprint density at radius 2 is 1.79 bits per heavy atom. The number of hydrogen-bond acceptors (Lipinski definition) is 9. The van der Waals surface area contributed by atoms with E-state index in [2.05, 4.69) is 34.6 Å². The van der Waals surface area contributed by atoms with Crippen molar-refractivity contribution in [3.05, 3.63) is 54.1 Å². The number of pyridine rings is 3. The number of aromatic nitrogens is 5. The van der Waals surface area contributed by atoms with Crippen molar-refractivity contribution >= 4 is 28.8 Å². The molecule has 0 unspecified atom stereocenters. The molecule has 5 heterocycles. The molecule has 0 aromatic carbocycles. The monoisotopic (exact) mass is 463 g/mol. The number of fused-ring (bicyclic) bond motifs is 1. The third-order valence-corrected chi connectivity index (χ3v) is 5.69. The SMILES string of the molecule is COC(=O)c1cnc(N2CCN(c3ccc(-c4nc5ccc(OC)nc5[nH]4)cn3)CC2)c(F)c1. The Labute approximate surface area is 194 Å². The fourth-order valence-corrected chi connectivity index (χ4v) is 3.88. The first-order chi connectivity index (χ1) is 16.6. The topological polar surface area (TPSA) is 109 Å². The molecule has 10 nitrogen and oxygen atoms in total. The van der Waals surface area contributed by atoms with Crippen LogP contribution in [0.5, 0.6) is 5.88 Å². The van der Waals surface area contributed by atoms with Gasteiger partial charge in [0, 0.05) is 50.2 Å². The van der Waals surface area contributed by atoms with Crippen LogP contribution in [-0.2, 0) is 4.74 Å². The second kappa shape index (κ2) is 8.93. The summed E-state index contributed by atoms with van der Waals surface area (Å²) in [5, 5.41) is 0. The van der Waals surface area contributed by atoms with Crippen LogP contribution in [0.15, 0.2) is 42.7 Å². The molecule has 174 valence electrons. The molecule has 4 aromatic heterocycles. The van der Waals surface area contributed by atoms with E-state index in [1.54, 1.807) is 19.4 Å². The average Bonchev–Trinajstić information content (AvgIpc) is 3.32. The third kappa shape index (κ3) is 4.07. The minimum Gasteiger partial charge on any atom is -0.481 e. The van der Waals surface area contributed by atoms with Crippen molar-refractivity contribution in [1.82, 2.24) is 24.9 Å². The standard InChI is InChI=1S/C23H22FN7O3/c1-33-19-6-4-17-21(28-19)29-20(27-17)14-3-5-18(25-12-14)30-7-9-31(10-8-30)22-16(24)11-15(13-26-22)23(32)34-2/h3-6,11-13H,7-10H2,1-2H3,(H,27,28,29). The summed E-state index contributed by atoms with van der Waals surface area (Å²) < 4.78 is 24.3. The van der Waals surface area contributed by atoms with E-state index in [1.165, 1.54) is 13.3 Å². The summed E-state index contributed by atoms with van der Waals surface area (Å²) in [6, 6.07) is 8.67. The maximum Gasteiger partial charge on any atom is 0.339 e. The average molecular weight is 463 g/mol. The highest BCUT2D eigenvalue weighted by molar-refractivity contribution is 5.89. The Balaban J connectivity index is 1.26. The van der Waals surface area contributed by atoms with Crippen molar-refractivity contribution in [1.29, 1.82) is 0 Å². The number of hydrogen-bond donors (Lipinski definition) is 1. The molecule has 0 spiro atoms. The lowest BCUT2D eigenvalue weighted by molar-refractivity contribution is 0.0599. The molecular weight excluding hydrogens is 441 g/mol. The summed E-state index contributed by atoms with van der Waals surface area (Å²) >= 11 is 0. The van der Waals surface area contributed by atoms with E-state index in [0.717, 1.165) is 23.0 Å². The number of H-pyrrole nitrogens is 1. The molecule has 11 heteroatoms. The number of piperazine rings is 1. The number of ether oxygens (including phenoxy) is 2. The highest BCUT2D eigenvalue weighted by Gasteiger charge is 2.22. The largest absolute Gasteiger partial charge is 0.481 e. The number of carbonyl (C=O) groups is 1. The molecule has 34 heavy (non-hydrogen) atoms. The van der Waals surface area contributed by atoms with Crippen LogP contribution < -0.4 is 14.5 Å². The number of nitrogens with zero attached hydrogens (tertiary/aromatic N) is 6. The molecule has 1 saturated heterocycles. The van der Waals surface area contributed by atoms with Crippen molar-refractivity contribution < 1.29 is 18.7 Å². The van der Waals surface area contributed by atoms with Crippen molar-refractivity contribution in [3.8, 4) is 17.3 Å². The van der Waals surface area contributed by atoms with Crippen molar-refractivity contribution in [2.45, 2.75) is 0 Å². The normalized spacial score (nSPS) is 13.9. The van der Waals surface area contributed by atoms with Crippen molar-refractivity contribution in [3.63, 3.8) is 0 Å². The first-order valence-electron chi connectivity index (χ1n) is 10.7. The summed E-state index contributed by atoms with van der Waals surface area (Å²) in [5.74, 6) is 1.09. The molecule has 0 saturated carbocycles. The van der Waals surface area contributed by atoms with E-state index in [0.29, 0.717) is 43.5 Å². The Bertz CT molecular complexity index is 1330. The number of rotatable bonds is 5. The van der Waals surface area contributed by atoms with Crippen LogP contribution in [0.25, 0.3) is 22.6 Å². The smallest absolute Gasteiger partial charge is 0.339 e. The second-order valence-corrected chi connectivity index (χ2v) is 7.71. The van der Waals surface area contributed by atoms with Gasteiger partial charge in [0.15, 0.2) is 17.3 Å². The summed E-state index contributed by atoms with van der Waals surface area (Å²) in [6.45, 7) is 2.45. The lowest BCUT2D eigenvalue weighted by atomic mass is 10.2. The van der Waals surface area contributed by atoms with E-state index in [-0.39, 0.29) is 11.4 Å². The highest BCUT2D eigenvalue weighted by Crippen LogP contribution is 2.24. The number of esters is 1. The van der Waals surface area contributed by atoms with Gasteiger partial charge in [0.2, 0.25) is 5.88 Å². The molecule has 0 amide bonds. The minimum atomic E-state index is -0.615. The number of carbonyl (C=O) groups excluding carboxylic acids is 1. The molecule has 1 N–H and O–H groups in total. The van der Waals surface area contributed by atoms with Gasteiger partial charge in [-0.3, -0.25) is 0 Å². The zero-order chi connectivity index (χ0) is 23.7. The molecule has 0 atom stereocenters.